The van der Waals surface area contributed by atoms with Crippen LogP contribution in [0.4, 0.5) is 8.78 Å². The molecule has 2 aromatic rings. The van der Waals surface area contributed by atoms with E-state index in [0.29, 0.717) is 23.5 Å². The Balaban J connectivity index is 2.35. The van der Waals surface area contributed by atoms with Crippen LogP contribution in [-0.2, 0) is 6.54 Å². The number of benzene rings is 1. The van der Waals surface area contributed by atoms with E-state index in [1.54, 1.807) is 4.80 Å². The summed E-state index contributed by atoms with van der Waals surface area (Å²) in [4.78, 5) is 1.57. The molecule has 0 saturated heterocycles. The van der Waals surface area contributed by atoms with E-state index in [9.17, 15) is 8.78 Å². The van der Waals surface area contributed by atoms with Crippen LogP contribution in [0.1, 0.15) is 39.5 Å². The van der Waals surface area contributed by atoms with Crippen molar-refractivity contribution in [1.82, 2.24) is 15.0 Å². The topological polar surface area (TPSA) is 30.7 Å². The summed E-state index contributed by atoms with van der Waals surface area (Å²) in [5.74, 6) is -1.27. The zero-order valence-electron chi connectivity index (χ0n) is 12.6. The third kappa shape index (κ3) is 3.28. The van der Waals surface area contributed by atoms with Gasteiger partial charge in [0.15, 0.2) is 11.6 Å². The van der Waals surface area contributed by atoms with Crippen LogP contribution >= 0.6 is 15.9 Å². The maximum Gasteiger partial charge on any atom is 0.174 e. The van der Waals surface area contributed by atoms with Gasteiger partial charge in [-0.05, 0) is 33.7 Å². The summed E-state index contributed by atoms with van der Waals surface area (Å²) < 4.78 is 27.5. The summed E-state index contributed by atoms with van der Waals surface area (Å²) in [6.45, 7) is 4.99. The van der Waals surface area contributed by atoms with E-state index in [2.05, 4.69) is 40.0 Å². The first-order valence-corrected chi connectivity index (χ1v) is 8.16. The molecule has 21 heavy (non-hydrogen) atoms. The van der Waals surface area contributed by atoms with Crippen LogP contribution in [0.5, 0.6) is 0 Å². The lowest BCUT2D eigenvalue weighted by atomic mass is 9.94. The molecule has 1 heterocycles. The summed E-state index contributed by atoms with van der Waals surface area (Å²) in [7, 11) is 1.53. The summed E-state index contributed by atoms with van der Waals surface area (Å²) in [6.07, 6.45) is 4.49. The number of fused-ring (bicyclic) bond motifs is 1. The quantitative estimate of drug-likeness (QED) is 0.587. The molecule has 1 aromatic heterocycles. The Morgan fingerprint density at radius 1 is 1.19 bits per heavy atom. The largest absolute Gasteiger partial charge is 0.204 e. The smallest absolute Gasteiger partial charge is 0.174 e. The standard InChI is InChI=1S/C14H19BBrF2N3/c1-3-5-6-8(4-2)7-21-19-13-9(15)11(17)12(18)10(16)14(13)20-21/h8H,3-7,15H2,1-2H3. The molecule has 2 rings (SSSR count). The fourth-order valence-electron chi connectivity index (χ4n) is 2.45. The normalized spacial score (nSPS) is 13.0. The Kier molecular flexibility index (Phi) is 5.35. The van der Waals surface area contributed by atoms with Crippen LogP contribution in [0.3, 0.4) is 0 Å². The second-order valence-electron chi connectivity index (χ2n) is 5.44. The lowest BCUT2D eigenvalue weighted by Crippen LogP contribution is -2.15. The molecule has 1 atom stereocenters. The van der Waals surface area contributed by atoms with Crippen LogP contribution < -0.4 is 5.46 Å². The molecule has 0 aliphatic carbocycles. The van der Waals surface area contributed by atoms with Crippen molar-refractivity contribution in [1.29, 1.82) is 0 Å². The van der Waals surface area contributed by atoms with Gasteiger partial charge in [0.1, 0.15) is 18.9 Å². The zero-order valence-corrected chi connectivity index (χ0v) is 14.2. The summed E-state index contributed by atoms with van der Waals surface area (Å²) in [5.41, 5.74) is 1.02. The molecule has 0 bridgehead atoms. The predicted molar refractivity (Wildman–Crippen MR) is 86.6 cm³/mol. The monoisotopic (exact) mass is 357 g/mol. The third-order valence-corrected chi connectivity index (χ3v) is 4.62. The Bertz CT molecular complexity index is 600. The molecule has 0 amide bonds. The second-order valence-corrected chi connectivity index (χ2v) is 6.23. The van der Waals surface area contributed by atoms with E-state index in [0.717, 1.165) is 19.3 Å². The Hall–Kier alpha value is -0.975. The van der Waals surface area contributed by atoms with Gasteiger partial charge in [0.2, 0.25) is 0 Å². The number of nitrogens with zero attached hydrogens (tertiary/aromatic N) is 3. The maximum atomic E-state index is 13.7. The van der Waals surface area contributed by atoms with Crippen molar-refractivity contribution in [2.24, 2.45) is 5.92 Å². The first-order valence-electron chi connectivity index (χ1n) is 7.37. The lowest BCUT2D eigenvalue weighted by molar-refractivity contribution is 0.351. The zero-order chi connectivity index (χ0) is 15.6. The van der Waals surface area contributed by atoms with Crippen LogP contribution in [0.15, 0.2) is 4.47 Å². The highest BCUT2D eigenvalue weighted by Gasteiger charge is 2.20. The minimum atomic E-state index is -0.898. The number of halogens is 3. The summed E-state index contributed by atoms with van der Waals surface area (Å²) in [5, 5.41) is 8.66. The van der Waals surface area contributed by atoms with Gasteiger partial charge in [0.25, 0.3) is 0 Å². The number of rotatable bonds is 6. The molecule has 0 spiro atoms. The molecular weight excluding hydrogens is 339 g/mol. The molecule has 0 fully saturated rings. The Morgan fingerprint density at radius 2 is 1.86 bits per heavy atom. The summed E-state index contributed by atoms with van der Waals surface area (Å²) >= 11 is 3.07. The van der Waals surface area contributed by atoms with Crippen molar-refractivity contribution < 1.29 is 8.78 Å². The van der Waals surface area contributed by atoms with Gasteiger partial charge in [0.05, 0.1) is 11.0 Å². The first kappa shape index (κ1) is 16.4. The van der Waals surface area contributed by atoms with Gasteiger partial charge in [-0.3, -0.25) is 0 Å². The van der Waals surface area contributed by atoms with Crippen LogP contribution in [0.2, 0.25) is 0 Å². The van der Waals surface area contributed by atoms with Crippen molar-refractivity contribution in [2.45, 2.75) is 46.1 Å². The molecular formula is C14H19BBrF2N3. The van der Waals surface area contributed by atoms with E-state index < -0.39 is 11.6 Å². The van der Waals surface area contributed by atoms with Crippen LogP contribution in [-0.4, -0.2) is 22.8 Å². The van der Waals surface area contributed by atoms with Gasteiger partial charge < -0.3 is 0 Å². The van der Waals surface area contributed by atoms with Crippen molar-refractivity contribution in [2.75, 3.05) is 0 Å². The van der Waals surface area contributed by atoms with Crippen LogP contribution in [0.25, 0.3) is 11.0 Å². The highest BCUT2D eigenvalue weighted by atomic mass is 79.9. The van der Waals surface area contributed by atoms with Gasteiger partial charge in [-0.1, -0.05) is 33.1 Å². The molecule has 3 nitrogen and oxygen atoms in total. The number of hydrogen-bond donors (Lipinski definition) is 0. The lowest BCUT2D eigenvalue weighted by Gasteiger charge is -2.12. The maximum absolute atomic E-state index is 13.7. The molecule has 1 unspecified atom stereocenters. The first-order chi connectivity index (χ1) is 9.99. The van der Waals surface area contributed by atoms with Crippen molar-refractivity contribution in [3.8, 4) is 0 Å². The van der Waals surface area contributed by atoms with Gasteiger partial charge in [0, 0.05) is 0 Å². The fourth-order valence-corrected chi connectivity index (χ4v) is 2.89. The van der Waals surface area contributed by atoms with E-state index >= 15 is 0 Å². The van der Waals surface area contributed by atoms with Gasteiger partial charge in [-0.25, -0.2) is 8.78 Å². The second kappa shape index (κ2) is 6.86. The van der Waals surface area contributed by atoms with Crippen LogP contribution in [0, 0.1) is 17.6 Å². The molecule has 0 aliphatic heterocycles. The molecule has 114 valence electrons. The minimum absolute atomic E-state index is 0.0495. The number of aromatic nitrogens is 3. The third-order valence-electron chi connectivity index (χ3n) is 3.90. The minimum Gasteiger partial charge on any atom is -0.204 e. The van der Waals surface area contributed by atoms with E-state index in [1.165, 1.54) is 14.3 Å². The summed E-state index contributed by atoms with van der Waals surface area (Å²) in [6, 6.07) is 0. The molecule has 1 aromatic carbocycles. The number of unbranched alkanes of at least 4 members (excludes halogenated alkanes) is 1. The van der Waals surface area contributed by atoms with Crippen molar-refractivity contribution >= 4 is 40.3 Å². The number of hydrogen-bond acceptors (Lipinski definition) is 2. The molecule has 7 heteroatoms. The molecule has 0 N–H and O–H groups in total. The predicted octanol–water partition coefficient (Wildman–Crippen LogP) is 2.95. The molecule has 0 radical (unpaired) electrons. The van der Waals surface area contributed by atoms with E-state index in [-0.39, 0.29) is 9.94 Å². The van der Waals surface area contributed by atoms with Crippen molar-refractivity contribution in [3.63, 3.8) is 0 Å². The van der Waals surface area contributed by atoms with Gasteiger partial charge in [-0.15, -0.1) is 0 Å². The van der Waals surface area contributed by atoms with E-state index in [1.807, 2.05) is 0 Å². The van der Waals surface area contributed by atoms with Gasteiger partial charge in [-0.2, -0.15) is 15.0 Å². The average molecular weight is 358 g/mol. The van der Waals surface area contributed by atoms with Crippen molar-refractivity contribution in [3.05, 3.63) is 16.1 Å². The highest BCUT2D eigenvalue weighted by molar-refractivity contribution is 9.10. The van der Waals surface area contributed by atoms with Gasteiger partial charge >= 0.3 is 0 Å². The van der Waals surface area contributed by atoms with E-state index in [4.69, 9.17) is 0 Å². The average Bonchev–Trinajstić information content (AvgIpc) is 2.91. The SMILES string of the molecule is Bc1c(F)c(F)c(Br)c2nn(CC(CC)CCCC)nc12. The Labute approximate surface area is 132 Å². The Morgan fingerprint density at radius 3 is 2.48 bits per heavy atom. The highest BCUT2D eigenvalue weighted by Crippen LogP contribution is 2.25. The fraction of sp³-hybridized carbons (Fsp3) is 0.571. The molecule has 0 aliphatic rings. The molecule has 0 saturated carbocycles.